The van der Waals surface area contributed by atoms with E-state index in [-0.39, 0.29) is 30.6 Å². The summed E-state index contributed by atoms with van der Waals surface area (Å²) in [7, 11) is -2.08. The molecule has 1 fully saturated rings. The number of carbonyl (C=O) groups is 3. The lowest BCUT2D eigenvalue weighted by molar-refractivity contribution is -0.119. The Bertz CT molecular complexity index is 3100. The van der Waals surface area contributed by atoms with Crippen LogP contribution in [0.5, 0.6) is 0 Å². The van der Waals surface area contributed by atoms with Gasteiger partial charge in [0, 0.05) is 85.6 Å². The molecule has 326 valence electrons. The first-order valence-electron chi connectivity index (χ1n) is 23.1. The van der Waals surface area contributed by atoms with E-state index in [2.05, 4.69) is 168 Å². The molecule has 2 aliphatic rings. The Morgan fingerprint density at radius 2 is 1.02 bits per heavy atom. The zero-order valence-corrected chi connectivity index (χ0v) is 38.5. The highest BCUT2D eigenvalue weighted by atomic mass is 35.5. The maximum Gasteiger partial charge on any atom is 0.261 e. The van der Waals surface area contributed by atoms with Crippen LogP contribution in [0.2, 0.25) is 0 Å². The van der Waals surface area contributed by atoms with Crippen LogP contribution in [0.25, 0.3) is 43.1 Å². The summed E-state index contributed by atoms with van der Waals surface area (Å²) in [5.41, 5.74) is 4.71. The lowest BCUT2D eigenvalue weighted by Crippen LogP contribution is -2.46. The minimum atomic E-state index is -2.08. The summed E-state index contributed by atoms with van der Waals surface area (Å²) >= 11 is 6.02. The molecule has 11 rings (SSSR count). The molecule has 0 radical (unpaired) electrons. The van der Waals surface area contributed by atoms with Gasteiger partial charge in [-0.15, -0.1) is 11.6 Å². The maximum atomic E-state index is 14.4. The molecule has 0 bridgehead atoms. The van der Waals surface area contributed by atoms with Gasteiger partial charge in [0.1, 0.15) is 29.0 Å². The van der Waals surface area contributed by atoms with Gasteiger partial charge in [-0.25, -0.2) is 0 Å². The van der Waals surface area contributed by atoms with Gasteiger partial charge < -0.3 is 4.90 Å². The SMILES string of the molecule is O=C(CCC[P+](c1ccccc1)(c1ccccc1)c1ccccc1)CCN1C(=O)c2ccc3c4cccc5c(N6CCN(Cc7ccc(CCl)cc7)CC6)ccc(c6ccc(c2c36)C1=O)c54. The molecule has 0 aromatic heterocycles. The predicted octanol–water partition coefficient (Wildman–Crippen LogP) is 11.1. The van der Waals surface area contributed by atoms with Gasteiger partial charge in [0.2, 0.25) is 0 Å². The van der Waals surface area contributed by atoms with Crippen LogP contribution in [-0.4, -0.2) is 66.3 Å². The van der Waals surface area contributed by atoms with Crippen LogP contribution in [0.4, 0.5) is 5.69 Å². The first kappa shape index (κ1) is 42.2. The van der Waals surface area contributed by atoms with Crippen LogP contribution < -0.4 is 20.8 Å². The second-order valence-electron chi connectivity index (χ2n) is 17.8. The van der Waals surface area contributed by atoms with E-state index >= 15 is 0 Å². The minimum Gasteiger partial charge on any atom is -0.368 e. The molecule has 6 nitrogen and oxygen atoms in total. The van der Waals surface area contributed by atoms with Crippen molar-refractivity contribution in [2.75, 3.05) is 43.8 Å². The van der Waals surface area contributed by atoms with E-state index in [1.165, 1.54) is 42.8 Å². The summed E-state index contributed by atoms with van der Waals surface area (Å²) in [6.07, 6.45) is 2.02. The van der Waals surface area contributed by atoms with Gasteiger partial charge in [-0.05, 0) is 104 Å². The Morgan fingerprint density at radius 1 is 0.500 bits per heavy atom. The number of imide groups is 1. The van der Waals surface area contributed by atoms with E-state index in [0.717, 1.165) is 71.4 Å². The lowest BCUT2D eigenvalue weighted by Gasteiger charge is -2.37. The van der Waals surface area contributed by atoms with E-state index in [9.17, 15) is 14.4 Å². The van der Waals surface area contributed by atoms with E-state index < -0.39 is 7.26 Å². The molecule has 2 amide bonds. The Labute approximate surface area is 391 Å². The normalized spacial score (nSPS) is 14.6. The molecular weight excluding hydrogens is 853 g/mol. The summed E-state index contributed by atoms with van der Waals surface area (Å²) in [5.74, 6) is -0.0862. The number of rotatable bonds is 14. The zero-order valence-electron chi connectivity index (χ0n) is 36.8. The summed E-state index contributed by atoms with van der Waals surface area (Å²) in [4.78, 5) is 48.8. The van der Waals surface area contributed by atoms with Gasteiger partial charge in [0.05, 0.1) is 6.16 Å². The van der Waals surface area contributed by atoms with Crippen LogP contribution >= 0.6 is 18.9 Å². The van der Waals surface area contributed by atoms with E-state index in [4.69, 9.17) is 11.6 Å². The van der Waals surface area contributed by atoms with E-state index in [0.29, 0.717) is 35.2 Å². The van der Waals surface area contributed by atoms with Gasteiger partial charge in [0.25, 0.3) is 11.8 Å². The molecule has 0 N–H and O–H groups in total. The van der Waals surface area contributed by atoms with Gasteiger partial charge >= 0.3 is 0 Å². The smallest absolute Gasteiger partial charge is 0.261 e. The average Bonchev–Trinajstić information content (AvgIpc) is 3.37. The molecule has 2 aliphatic heterocycles. The van der Waals surface area contributed by atoms with Crippen molar-refractivity contribution in [3.8, 4) is 0 Å². The molecule has 0 saturated carbocycles. The monoisotopic (exact) mass is 902 g/mol. The fraction of sp³-hybridized carbons (Fsp3) is 0.190. The highest BCUT2D eigenvalue weighted by molar-refractivity contribution is 7.95. The molecular formula is C58H50ClN3O3P+. The summed E-state index contributed by atoms with van der Waals surface area (Å²) in [6.45, 7) is 4.79. The van der Waals surface area contributed by atoms with Crippen molar-refractivity contribution < 1.29 is 14.4 Å². The molecule has 66 heavy (non-hydrogen) atoms. The first-order valence-corrected chi connectivity index (χ1v) is 25.6. The number of nitrogens with zero attached hydrogens (tertiary/aromatic N) is 3. The lowest BCUT2D eigenvalue weighted by atomic mass is 9.84. The number of Topliss-reactive ketones (excluding diaryl/α,β-unsaturated/α-hetero) is 1. The predicted molar refractivity (Wildman–Crippen MR) is 275 cm³/mol. The number of piperazine rings is 1. The van der Waals surface area contributed by atoms with Crippen LogP contribution in [-0.2, 0) is 17.2 Å². The fourth-order valence-corrected chi connectivity index (χ4v) is 15.4. The van der Waals surface area contributed by atoms with Gasteiger partial charge in [0.15, 0.2) is 0 Å². The quantitative estimate of drug-likeness (QED) is 0.0358. The standard InChI is InChI=1S/C58H50ClN3O3P/c59-38-40-21-23-41(24-22-40)39-60-33-35-61(36-34-60)53-30-29-47-49-26-28-52-56-51(27-25-48(55(49)56)46-19-10-20-50(53)54(46)47)57(64)62(58(52)65)32-31-42(63)12-11-37-66(43-13-4-1-5-14-43,44-15-6-2-7-16-44)45-17-8-3-9-18-45/h1-10,13-30H,11-12,31-39H2/q+1. The van der Waals surface area contributed by atoms with Crippen LogP contribution in [0.15, 0.2) is 170 Å². The molecule has 9 aromatic carbocycles. The Balaban J connectivity index is 0.825. The highest BCUT2D eigenvalue weighted by Gasteiger charge is 2.45. The molecule has 1 saturated heterocycles. The van der Waals surface area contributed by atoms with Crippen molar-refractivity contribution >= 4 is 101 Å². The highest BCUT2D eigenvalue weighted by Crippen LogP contribution is 2.56. The van der Waals surface area contributed by atoms with Crippen LogP contribution in [0, 0.1) is 0 Å². The molecule has 9 aromatic rings. The summed E-state index contributed by atoms with van der Waals surface area (Å²) in [5, 5.41) is 12.2. The third-order valence-electron chi connectivity index (χ3n) is 14.2. The molecule has 0 atom stereocenters. The molecule has 2 heterocycles. The zero-order chi connectivity index (χ0) is 44.8. The van der Waals surface area contributed by atoms with Crippen molar-refractivity contribution in [1.82, 2.24) is 9.80 Å². The maximum absolute atomic E-state index is 14.4. The number of hydrogen-bond acceptors (Lipinski definition) is 5. The second-order valence-corrected chi connectivity index (χ2v) is 21.7. The second kappa shape index (κ2) is 17.8. The van der Waals surface area contributed by atoms with Gasteiger partial charge in [-0.1, -0.05) is 115 Å². The number of alkyl halides is 1. The van der Waals surface area contributed by atoms with E-state index in [1.807, 2.05) is 12.1 Å². The van der Waals surface area contributed by atoms with Gasteiger partial charge in [-0.2, -0.15) is 0 Å². The van der Waals surface area contributed by atoms with Crippen molar-refractivity contribution in [2.24, 2.45) is 0 Å². The molecule has 8 heteroatoms. The number of hydrogen-bond donors (Lipinski definition) is 0. The number of benzene rings is 9. The Morgan fingerprint density at radius 3 is 1.59 bits per heavy atom. The third kappa shape index (κ3) is 7.33. The summed E-state index contributed by atoms with van der Waals surface area (Å²) < 4.78 is 0. The number of amides is 2. The van der Waals surface area contributed by atoms with Crippen molar-refractivity contribution in [2.45, 2.75) is 31.7 Å². The Kier molecular flexibility index (Phi) is 11.4. The van der Waals surface area contributed by atoms with Gasteiger partial charge in [-0.3, -0.25) is 24.2 Å². The number of anilines is 1. The molecule has 0 spiro atoms. The van der Waals surface area contributed by atoms with Crippen molar-refractivity contribution in [1.29, 1.82) is 0 Å². The van der Waals surface area contributed by atoms with Crippen molar-refractivity contribution in [3.63, 3.8) is 0 Å². The minimum absolute atomic E-state index is 0.0537. The number of halogens is 1. The largest absolute Gasteiger partial charge is 0.368 e. The summed E-state index contributed by atoms with van der Waals surface area (Å²) in [6, 6.07) is 59.6. The number of carbonyl (C=O) groups excluding carboxylic acids is 3. The fourth-order valence-electron chi connectivity index (χ4n) is 10.9. The van der Waals surface area contributed by atoms with E-state index in [1.54, 1.807) is 0 Å². The van der Waals surface area contributed by atoms with Crippen LogP contribution in [0.3, 0.4) is 0 Å². The first-order chi connectivity index (χ1) is 32.4. The molecule has 0 unspecified atom stereocenters. The van der Waals surface area contributed by atoms with Crippen molar-refractivity contribution in [3.05, 3.63) is 192 Å². The Hall–Kier alpha value is -6.43. The third-order valence-corrected chi connectivity index (χ3v) is 19.0. The number of fused-ring (bicyclic) bond motifs is 2. The van der Waals surface area contributed by atoms with Crippen LogP contribution in [0.1, 0.15) is 51.1 Å². The number of ketones is 1. The topological polar surface area (TPSA) is 60.9 Å². The molecule has 0 aliphatic carbocycles. The average molecular weight is 903 g/mol.